The number of carbonyl (C=O) groups is 4. The van der Waals surface area contributed by atoms with Gasteiger partial charge in [-0.05, 0) is 51.9 Å². The van der Waals surface area contributed by atoms with E-state index in [1.54, 1.807) is 21.0 Å². The van der Waals surface area contributed by atoms with Gasteiger partial charge in [0.1, 0.15) is 5.60 Å². The maximum absolute atomic E-state index is 13.2. The Labute approximate surface area is 281 Å². The topological polar surface area (TPSA) is 148 Å². The summed E-state index contributed by atoms with van der Waals surface area (Å²) in [6.45, 7) is 25.4. The average Bonchev–Trinajstić information content (AvgIpc) is 2.92. The number of nitrogens with one attached hydrogen (secondary N) is 2. The predicted octanol–water partition coefficient (Wildman–Crippen LogP) is 5.73. The van der Waals surface area contributed by atoms with Gasteiger partial charge < -0.3 is 39.1 Å². The summed E-state index contributed by atoms with van der Waals surface area (Å²) in [5, 5.41) is 6.01. The largest absolute Gasteiger partial charge is 0.462 e. The highest BCUT2D eigenvalue weighted by Gasteiger charge is 2.44. The fraction of sp³-hybridized carbons (Fsp3) is 0.771. The van der Waals surface area contributed by atoms with E-state index in [2.05, 4.69) is 37.6 Å². The van der Waals surface area contributed by atoms with Crippen LogP contribution in [0.5, 0.6) is 0 Å². The molecule has 1 saturated carbocycles. The standard InChI is InChI=1S/C35H60N2O10/c1-13-27(38)45-22-31(3,4)15-16-43-19-25(33(7,8)23-46-28(39)14-2)20-44-30(41)37-35(11)18-26(17-32(5,6)21-35)36-29(40)47-34(9,10)24-42-12/h13-14,25-26H,1-2,15-24H2,3-12H3,(H,36,40)(H,37,41). The van der Waals surface area contributed by atoms with E-state index in [1.807, 2.05) is 34.6 Å². The van der Waals surface area contributed by atoms with Gasteiger partial charge in [-0.3, -0.25) is 0 Å². The van der Waals surface area contributed by atoms with Gasteiger partial charge in [0.25, 0.3) is 0 Å². The minimum absolute atomic E-state index is 0.00682. The van der Waals surface area contributed by atoms with Crippen LogP contribution in [-0.4, -0.2) is 88.1 Å². The zero-order valence-electron chi connectivity index (χ0n) is 30.4. The fourth-order valence-corrected chi connectivity index (χ4v) is 5.87. The molecule has 47 heavy (non-hydrogen) atoms. The van der Waals surface area contributed by atoms with Crippen molar-refractivity contribution in [2.75, 3.05) is 46.8 Å². The van der Waals surface area contributed by atoms with Gasteiger partial charge >= 0.3 is 24.1 Å². The van der Waals surface area contributed by atoms with Crippen molar-refractivity contribution in [2.24, 2.45) is 22.2 Å². The second-order valence-electron chi connectivity index (χ2n) is 15.8. The van der Waals surface area contributed by atoms with Crippen molar-refractivity contribution in [1.82, 2.24) is 10.6 Å². The number of carbonyl (C=O) groups excluding carboxylic acids is 4. The first-order valence-corrected chi connectivity index (χ1v) is 16.2. The van der Waals surface area contributed by atoms with Crippen LogP contribution in [0.1, 0.15) is 88.0 Å². The molecular formula is C35H60N2O10. The van der Waals surface area contributed by atoms with E-state index in [0.717, 1.165) is 12.2 Å². The van der Waals surface area contributed by atoms with Gasteiger partial charge in [0.15, 0.2) is 0 Å². The number of methoxy groups -OCH3 is 1. The normalized spacial score (nSPS) is 20.3. The van der Waals surface area contributed by atoms with E-state index in [-0.39, 0.29) is 55.8 Å². The van der Waals surface area contributed by atoms with Crippen LogP contribution in [0.2, 0.25) is 0 Å². The van der Waals surface area contributed by atoms with Crippen LogP contribution in [0.25, 0.3) is 0 Å². The molecule has 0 aromatic heterocycles. The Bertz CT molecular complexity index is 1080. The highest BCUT2D eigenvalue weighted by molar-refractivity contribution is 5.81. The van der Waals surface area contributed by atoms with Crippen LogP contribution in [0.4, 0.5) is 9.59 Å². The summed E-state index contributed by atoms with van der Waals surface area (Å²) in [6, 6.07) is -0.237. The first-order valence-electron chi connectivity index (χ1n) is 16.2. The van der Waals surface area contributed by atoms with Crippen LogP contribution in [-0.2, 0) is 38.0 Å². The third-order valence-electron chi connectivity index (χ3n) is 8.24. The van der Waals surface area contributed by atoms with Crippen LogP contribution in [0, 0.1) is 22.2 Å². The molecule has 0 aliphatic heterocycles. The third kappa shape index (κ3) is 16.5. The fourth-order valence-electron chi connectivity index (χ4n) is 5.87. The van der Waals surface area contributed by atoms with E-state index >= 15 is 0 Å². The summed E-state index contributed by atoms with van der Waals surface area (Å²) in [5.74, 6) is -1.36. The molecule has 1 aliphatic carbocycles. The second-order valence-corrected chi connectivity index (χ2v) is 15.8. The summed E-state index contributed by atoms with van der Waals surface area (Å²) in [6.07, 6.45) is 3.57. The Hall–Kier alpha value is -3.12. The monoisotopic (exact) mass is 668 g/mol. The van der Waals surface area contributed by atoms with Crippen LogP contribution in [0.15, 0.2) is 25.3 Å². The Morgan fingerprint density at radius 1 is 0.851 bits per heavy atom. The number of hydrogen-bond donors (Lipinski definition) is 2. The Morgan fingerprint density at radius 3 is 2.02 bits per heavy atom. The summed E-state index contributed by atoms with van der Waals surface area (Å²) in [5.41, 5.74) is -2.59. The summed E-state index contributed by atoms with van der Waals surface area (Å²) >= 11 is 0. The molecule has 1 aliphatic rings. The molecule has 12 heteroatoms. The molecular weight excluding hydrogens is 608 g/mol. The number of amides is 2. The smallest absolute Gasteiger partial charge is 0.407 e. The minimum Gasteiger partial charge on any atom is -0.462 e. The number of hydrogen-bond acceptors (Lipinski definition) is 10. The van der Waals surface area contributed by atoms with Crippen molar-refractivity contribution < 1.29 is 47.6 Å². The maximum atomic E-state index is 13.2. The molecule has 1 fully saturated rings. The number of esters is 2. The van der Waals surface area contributed by atoms with Gasteiger partial charge in [-0.25, -0.2) is 19.2 Å². The highest BCUT2D eigenvalue weighted by Crippen LogP contribution is 2.41. The van der Waals surface area contributed by atoms with Gasteiger partial charge in [0.05, 0.1) is 33.0 Å². The molecule has 3 unspecified atom stereocenters. The van der Waals surface area contributed by atoms with E-state index in [1.165, 1.54) is 0 Å². The lowest BCUT2D eigenvalue weighted by Crippen LogP contribution is -2.58. The zero-order chi connectivity index (χ0) is 36.1. The minimum atomic E-state index is -0.789. The molecule has 12 nitrogen and oxygen atoms in total. The van der Waals surface area contributed by atoms with Crippen molar-refractivity contribution in [2.45, 2.75) is 105 Å². The molecule has 0 bridgehead atoms. The van der Waals surface area contributed by atoms with Gasteiger partial charge in [0.2, 0.25) is 0 Å². The molecule has 0 spiro atoms. The lowest BCUT2D eigenvalue weighted by Gasteiger charge is -2.46. The first kappa shape index (κ1) is 41.9. The van der Waals surface area contributed by atoms with Gasteiger partial charge in [-0.15, -0.1) is 0 Å². The molecule has 2 amide bonds. The van der Waals surface area contributed by atoms with Crippen molar-refractivity contribution in [1.29, 1.82) is 0 Å². The summed E-state index contributed by atoms with van der Waals surface area (Å²) < 4.78 is 33.0. The SMILES string of the molecule is C=CC(=O)OCC(C)(C)CCOCC(COC(=O)NC1(C)CC(NC(=O)OC(C)(C)COC)CC(C)(C)C1)C(C)(C)COC(=O)C=C. The maximum Gasteiger partial charge on any atom is 0.407 e. The van der Waals surface area contributed by atoms with Crippen LogP contribution in [0.3, 0.4) is 0 Å². The van der Waals surface area contributed by atoms with Crippen molar-refractivity contribution >= 4 is 24.1 Å². The third-order valence-corrected chi connectivity index (χ3v) is 8.24. The molecule has 0 aromatic rings. The predicted molar refractivity (Wildman–Crippen MR) is 179 cm³/mol. The lowest BCUT2D eigenvalue weighted by atomic mass is 9.67. The summed E-state index contributed by atoms with van der Waals surface area (Å²) in [4.78, 5) is 49.2. The Balaban J connectivity index is 2.89. The molecule has 0 saturated heterocycles. The van der Waals surface area contributed by atoms with Crippen molar-refractivity contribution in [3.63, 3.8) is 0 Å². The molecule has 2 N–H and O–H groups in total. The van der Waals surface area contributed by atoms with Crippen molar-refractivity contribution in [3.8, 4) is 0 Å². The molecule has 3 atom stereocenters. The molecule has 270 valence electrons. The van der Waals surface area contributed by atoms with E-state index in [9.17, 15) is 19.2 Å². The van der Waals surface area contributed by atoms with Gasteiger partial charge in [0, 0.05) is 54.2 Å². The Kier molecular flexibility index (Phi) is 15.9. The first-order chi connectivity index (χ1) is 21.6. The average molecular weight is 669 g/mol. The number of alkyl carbamates (subject to hydrolysis) is 2. The molecule has 0 heterocycles. The summed E-state index contributed by atoms with van der Waals surface area (Å²) in [7, 11) is 1.55. The Morgan fingerprint density at radius 2 is 1.45 bits per heavy atom. The van der Waals surface area contributed by atoms with Crippen LogP contribution < -0.4 is 10.6 Å². The number of rotatable bonds is 19. The molecule has 1 rings (SSSR count). The molecule has 0 aromatic carbocycles. The van der Waals surface area contributed by atoms with Gasteiger partial charge in [-0.1, -0.05) is 54.7 Å². The van der Waals surface area contributed by atoms with Crippen molar-refractivity contribution in [3.05, 3.63) is 25.3 Å². The lowest BCUT2D eigenvalue weighted by molar-refractivity contribution is -0.143. The highest BCUT2D eigenvalue weighted by atomic mass is 16.6. The molecule has 0 radical (unpaired) electrons. The number of ether oxygens (including phenoxy) is 6. The second kappa shape index (κ2) is 17.9. The zero-order valence-corrected chi connectivity index (χ0v) is 30.4. The van der Waals surface area contributed by atoms with Crippen LogP contribution >= 0.6 is 0 Å². The van der Waals surface area contributed by atoms with E-state index < -0.39 is 40.7 Å². The van der Waals surface area contributed by atoms with E-state index in [4.69, 9.17) is 28.4 Å². The van der Waals surface area contributed by atoms with E-state index in [0.29, 0.717) is 32.3 Å². The van der Waals surface area contributed by atoms with Gasteiger partial charge in [-0.2, -0.15) is 0 Å². The quantitative estimate of drug-likeness (QED) is 0.0756.